The molecule has 0 aromatic rings. The van der Waals surface area contributed by atoms with Gasteiger partial charge in [-0.25, -0.2) is 0 Å². The molecule has 3 atom stereocenters. The summed E-state index contributed by atoms with van der Waals surface area (Å²) in [6.07, 6.45) is 2.21. The summed E-state index contributed by atoms with van der Waals surface area (Å²) in [6, 6.07) is 0.407. The molecule has 23 heavy (non-hydrogen) atoms. The van der Waals surface area contributed by atoms with E-state index >= 15 is 0 Å². The highest BCUT2D eigenvalue weighted by Gasteiger charge is 2.58. The fourth-order valence-electron chi connectivity index (χ4n) is 3.66. The van der Waals surface area contributed by atoms with Crippen LogP contribution in [0.15, 0.2) is 4.99 Å². The highest BCUT2D eigenvalue weighted by Crippen LogP contribution is 2.51. The molecule has 1 aliphatic heterocycles. The second-order valence-corrected chi connectivity index (χ2v) is 7.41. The number of aliphatic imine (C=N–C) groups is 1. The van der Waals surface area contributed by atoms with Crippen LogP contribution in [0.25, 0.3) is 0 Å². The Morgan fingerprint density at radius 3 is 2.52 bits per heavy atom. The minimum absolute atomic E-state index is 0. The molecule has 0 aromatic carbocycles. The van der Waals surface area contributed by atoms with Crippen molar-refractivity contribution in [2.45, 2.75) is 52.2 Å². The summed E-state index contributed by atoms with van der Waals surface area (Å²) in [5, 5.41) is 3.69. The fourth-order valence-corrected chi connectivity index (χ4v) is 3.66. The number of halogens is 1. The number of methoxy groups -OCH3 is 2. The zero-order valence-corrected chi connectivity index (χ0v) is 17.8. The van der Waals surface area contributed by atoms with Crippen molar-refractivity contribution in [3.63, 3.8) is 0 Å². The van der Waals surface area contributed by atoms with Crippen molar-refractivity contribution in [3.05, 3.63) is 0 Å². The molecule has 0 radical (unpaired) electrons. The van der Waals surface area contributed by atoms with E-state index in [1.54, 1.807) is 7.11 Å². The Kier molecular flexibility index (Phi) is 7.60. The van der Waals surface area contributed by atoms with E-state index in [0.717, 1.165) is 38.6 Å². The summed E-state index contributed by atoms with van der Waals surface area (Å²) >= 11 is 0. The van der Waals surface area contributed by atoms with Crippen LogP contribution in [0.1, 0.15) is 40.5 Å². The maximum Gasteiger partial charge on any atom is 0.194 e. The first-order valence-electron chi connectivity index (χ1n) is 8.48. The summed E-state index contributed by atoms with van der Waals surface area (Å²) < 4.78 is 11.0. The van der Waals surface area contributed by atoms with E-state index in [4.69, 9.17) is 14.5 Å². The topological polar surface area (TPSA) is 46.1 Å². The van der Waals surface area contributed by atoms with Crippen LogP contribution in [0.4, 0.5) is 0 Å². The van der Waals surface area contributed by atoms with Gasteiger partial charge in [0.25, 0.3) is 0 Å². The lowest BCUT2D eigenvalue weighted by Gasteiger charge is -2.59. The molecule has 1 saturated heterocycles. The molecule has 2 aliphatic rings. The Morgan fingerprint density at radius 2 is 2.00 bits per heavy atom. The molecular weight excluding hydrogens is 405 g/mol. The van der Waals surface area contributed by atoms with Gasteiger partial charge >= 0.3 is 0 Å². The number of nitrogens with zero attached hydrogens (tertiary/aromatic N) is 2. The minimum Gasteiger partial charge on any atom is -0.384 e. The standard InChI is InChI=1S/C17H33N3O2.HI/c1-7-18-15(20-9-8-13(11-20)12-21-5)19-14-10-17(4,22-6)16(14,2)3;/h13-14H,7-12H2,1-6H3,(H,18,19);1H. The SMILES string of the molecule is CCN=C(NC1CC(C)(OC)C1(C)C)N1CCC(COC)C1.I. The van der Waals surface area contributed by atoms with E-state index in [9.17, 15) is 0 Å². The predicted molar refractivity (Wildman–Crippen MR) is 106 cm³/mol. The summed E-state index contributed by atoms with van der Waals surface area (Å²) in [7, 11) is 3.60. The van der Waals surface area contributed by atoms with Crippen LogP contribution in [0, 0.1) is 11.3 Å². The van der Waals surface area contributed by atoms with Crippen LogP contribution in [-0.2, 0) is 9.47 Å². The zero-order chi connectivity index (χ0) is 16.4. The summed E-state index contributed by atoms with van der Waals surface area (Å²) in [5.74, 6) is 1.67. The van der Waals surface area contributed by atoms with Crippen molar-refractivity contribution in [3.8, 4) is 0 Å². The largest absolute Gasteiger partial charge is 0.384 e. The first-order chi connectivity index (χ1) is 10.4. The van der Waals surface area contributed by atoms with E-state index in [1.165, 1.54) is 6.42 Å². The van der Waals surface area contributed by atoms with E-state index in [1.807, 2.05) is 7.11 Å². The van der Waals surface area contributed by atoms with Gasteiger partial charge in [-0.2, -0.15) is 0 Å². The molecule has 2 rings (SSSR count). The molecule has 2 fully saturated rings. The molecule has 1 N–H and O–H groups in total. The van der Waals surface area contributed by atoms with Gasteiger partial charge in [0, 0.05) is 51.2 Å². The van der Waals surface area contributed by atoms with Crippen molar-refractivity contribution in [2.75, 3.05) is 40.5 Å². The summed E-state index contributed by atoms with van der Waals surface area (Å²) in [5.41, 5.74) is 0.0491. The number of nitrogens with one attached hydrogen (secondary N) is 1. The van der Waals surface area contributed by atoms with Gasteiger partial charge in [-0.1, -0.05) is 13.8 Å². The lowest BCUT2D eigenvalue weighted by atomic mass is 9.56. The molecule has 1 heterocycles. The molecule has 5 nitrogen and oxygen atoms in total. The third-order valence-corrected chi connectivity index (χ3v) is 5.88. The van der Waals surface area contributed by atoms with Crippen LogP contribution in [0.2, 0.25) is 0 Å². The van der Waals surface area contributed by atoms with Crippen LogP contribution in [0.5, 0.6) is 0 Å². The van der Waals surface area contributed by atoms with Gasteiger partial charge < -0.3 is 19.7 Å². The fraction of sp³-hybridized carbons (Fsp3) is 0.941. The molecule has 136 valence electrons. The molecule has 1 saturated carbocycles. The van der Waals surface area contributed by atoms with Crippen molar-refractivity contribution in [2.24, 2.45) is 16.3 Å². The van der Waals surface area contributed by atoms with Crippen molar-refractivity contribution >= 4 is 29.9 Å². The van der Waals surface area contributed by atoms with Gasteiger partial charge in [0.1, 0.15) is 0 Å². The Hall–Kier alpha value is -0.0800. The molecule has 0 bridgehead atoms. The lowest BCUT2D eigenvalue weighted by Crippen LogP contribution is -2.69. The normalized spacial score (nSPS) is 33.1. The summed E-state index contributed by atoms with van der Waals surface area (Å²) in [4.78, 5) is 7.09. The highest BCUT2D eigenvalue weighted by molar-refractivity contribution is 14.0. The van der Waals surface area contributed by atoms with Crippen molar-refractivity contribution in [1.29, 1.82) is 0 Å². The van der Waals surface area contributed by atoms with Crippen LogP contribution >= 0.6 is 24.0 Å². The molecule has 3 unspecified atom stereocenters. The van der Waals surface area contributed by atoms with Crippen molar-refractivity contribution < 1.29 is 9.47 Å². The average molecular weight is 439 g/mol. The molecular formula is C17H34IN3O2. The van der Waals surface area contributed by atoms with Gasteiger partial charge in [0.05, 0.1) is 12.2 Å². The first kappa shape index (κ1) is 21.0. The monoisotopic (exact) mass is 439 g/mol. The Labute approximate surface area is 158 Å². The number of guanidine groups is 1. The van der Waals surface area contributed by atoms with Gasteiger partial charge in [-0.05, 0) is 26.7 Å². The third-order valence-electron chi connectivity index (χ3n) is 5.88. The smallest absolute Gasteiger partial charge is 0.194 e. The molecule has 0 spiro atoms. The van der Waals surface area contributed by atoms with Crippen molar-refractivity contribution in [1.82, 2.24) is 10.2 Å². The van der Waals surface area contributed by atoms with Gasteiger partial charge in [0.2, 0.25) is 0 Å². The van der Waals surface area contributed by atoms with Crippen LogP contribution < -0.4 is 5.32 Å². The zero-order valence-electron chi connectivity index (χ0n) is 15.5. The highest BCUT2D eigenvalue weighted by atomic mass is 127. The quantitative estimate of drug-likeness (QED) is 0.407. The van der Waals surface area contributed by atoms with E-state index in [0.29, 0.717) is 12.0 Å². The Bertz CT molecular complexity index is 417. The Balaban J connectivity index is 0.00000264. The van der Waals surface area contributed by atoms with Gasteiger partial charge in [0.15, 0.2) is 5.96 Å². The van der Waals surface area contributed by atoms with E-state index < -0.39 is 0 Å². The van der Waals surface area contributed by atoms with Gasteiger partial charge in [-0.3, -0.25) is 4.99 Å². The maximum atomic E-state index is 5.73. The number of ether oxygens (including phenoxy) is 2. The first-order valence-corrected chi connectivity index (χ1v) is 8.48. The third kappa shape index (κ3) is 4.12. The second-order valence-electron chi connectivity index (χ2n) is 7.41. The number of likely N-dealkylation sites (tertiary alicyclic amines) is 1. The molecule has 6 heteroatoms. The van der Waals surface area contributed by atoms with E-state index in [-0.39, 0.29) is 35.0 Å². The molecule has 0 aromatic heterocycles. The molecule has 0 amide bonds. The van der Waals surface area contributed by atoms with E-state index in [2.05, 4.69) is 37.9 Å². The van der Waals surface area contributed by atoms with Gasteiger partial charge in [-0.15, -0.1) is 24.0 Å². The number of hydrogen-bond donors (Lipinski definition) is 1. The Morgan fingerprint density at radius 1 is 1.30 bits per heavy atom. The summed E-state index contributed by atoms with van der Waals surface area (Å²) in [6.45, 7) is 12.6. The average Bonchev–Trinajstić information content (AvgIpc) is 2.94. The number of hydrogen-bond acceptors (Lipinski definition) is 3. The second kappa shape index (κ2) is 8.34. The maximum absolute atomic E-state index is 5.73. The molecule has 1 aliphatic carbocycles. The van der Waals surface area contributed by atoms with Crippen LogP contribution in [0.3, 0.4) is 0 Å². The predicted octanol–water partition coefficient (Wildman–Crippen LogP) is 2.74. The van der Waals surface area contributed by atoms with Crippen LogP contribution in [-0.4, -0.2) is 63.0 Å². The minimum atomic E-state index is -0.0500. The lowest BCUT2D eigenvalue weighted by molar-refractivity contribution is -0.176. The number of rotatable bonds is 5.